The summed E-state index contributed by atoms with van der Waals surface area (Å²) < 4.78 is 0. The van der Waals surface area contributed by atoms with Gasteiger partial charge < -0.3 is 10.4 Å². The molecular weight excluding hydrogens is 204 g/mol. The van der Waals surface area contributed by atoms with Crippen molar-refractivity contribution in [1.29, 1.82) is 0 Å². The van der Waals surface area contributed by atoms with Crippen LogP contribution in [0.2, 0.25) is 5.15 Å². The predicted molar refractivity (Wildman–Crippen MR) is 54.9 cm³/mol. The SMILES string of the molecule is C=CCNc1cc(C(=O)O)cc(Cl)n1. The molecule has 0 saturated carbocycles. The molecule has 0 spiro atoms. The standard InChI is InChI=1S/C9H9ClN2O2/c1-2-3-11-8-5-6(9(13)14)4-7(10)12-8/h2,4-5H,1,3H2,(H,11,12)(H,13,14). The molecule has 1 aromatic rings. The molecule has 1 aromatic heterocycles. The average molecular weight is 213 g/mol. The molecule has 4 nitrogen and oxygen atoms in total. The van der Waals surface area contributed by atoms with Crippen LogP contribution in [0.4, 0.5) is 5.82 Å². The van der Waals surface area contributed by atoms with Gasteiger partial charge >= 0.3 is 5.97 Å². The molecule has 5 heteroatoms. The first-order valence-electron chi connectivity index (χ1n) is 3.89. The van der Waals surface area contributed by atoms with Crippen LogP contribution in [0.25, 0.3) is 0 Å². The second-order valence-electron chi connectivity index (χ2n) is 2.54. The zero-order chi connectivity index (χ0) is 10.6. The van der Waals surface area contributed by atoms with Crippen molar-refractivity contribution in [2.75, 3.05) is 11.9 Å². The Morgan fingerprint density at radius 1 is 1.71 bits per heavy atom. The van der Waals surface area contributed by atoms with Crippen molar-refractivity contribution in [3.05, 3.63) is 35.5 Å². The minimum absolute atomic E-state index is 0.108. The lowest BCUT2D eigenvalue weighted by atomic mass is 10.2. The molecule has 0 aromatic carbocycles. The Hall–Kier alpha value is -1.55. The highest BCUT2D eigenvalue weighted by Gasteiger charge is 2.06. The van der Waals surface area contributed by atoms with Crippen LogP contribution in [-0.4, -0.2) is 22.6 Å². The van der Waals surface area contributed by atoms with Crippen molar-refractivity contribution >= 4 is 23.4 Å². The number of aromatic nitrogens is 1. The highest BCUT2D eigenvalue weighted by atomic mass is 35.5. The number of anilines is 1. The summed E-state index contributed by atoms with van der Waals surface area (Å²) in [6, 6.07) is 2.71. The van der Waals surface area contributed by atoms with Gasteiger partial charge in [0.25, 0.3) is 0 Å². The van der Waals surface area contributed by atoms with E-state index in [1.165, 1.54) is 12.1 Å². The Labute approximate surface area is 86.2 Å². The fourth-order valence-corrected chi connectivity index (χ4v) is 1.10. The van der Waals surface area contributed by atoms with Crippen molar-refractivity contribution < 1.29 is 9.90 Å². The van der Waals surface area contributed by atoms with Crippen LogP contribution >= 0.6 is 11.6 Å². The summed E-state index contributed by atoms with van der Waals surface area (Å²) in [5, 5.41) is 11.7. The summed E-state index contributed by atoms with van der Waals surface area (Å²) in [6.45, 7) is 4.02. The van der Waals surface area contributed by atoms with Crippen LogP contribution < -0.4 is 5.32 Å². The molecule has 0 atom stereocenters. The number of rotatable bonds is 4. The van der Waals surface area contributed by atoms with Gasteiger partial charge in [0.1, 0.15) is 11.0 Å². The molecule has 1 heterocycles. The Bertz CT molecular complexity index is 366. The first-order valence-corrected chi connectivity index (χ1v) is 4.27. The van der Waals surface area contributed by atoms with E-state index in [-0.39, 0.29) is 10.7 Å². The van der Waals surface area contributed by atoms with Crippen LogP contribution in [0.15, 0.2) is 24.8 Å². The zero-order valence-electron chi connectivity index (χ0n) is 7.33. The number of nitrogens with zero attached hydrogens (tertiary/aromatic N) is 1. The van der Waals surface area contributed by atoms with E-state index in [1.54, 1.807) is 6.08 Å². The Morgan fingerprint density at radius 3 is 3.00 bits per heavy atom. The molecule has 0 fully saturated rings. The summed E-state index contributed by atoms with van der Waals surface area (Å²) in [6.07, 6.45) is 1.64. The Morgan fingerprint density at radius 2 is 2.43 bits per heavy atom. The number of aromatic carboxylic acids is 1. The summed E-state index contributed by atoms with van der Waals surface area (Å²) in [5.41, 5.74) is 0.108. The first kappa shape index (κ1) is 10.5. The number of hydrogen-bond acceptors (Lipinski definition) is 3. The molecule has 0 unspecified atom stereocenters. The molecule has 0 aliphatic rings. The van der Waals surface area contributed by atoms with E-state index in [9.17, 15) is 4.79 Å². The summed E-state index contributed by atoms with van der Waals surface area (Å²) in [4.78, 5) is 14.5. The van der Waals surface area contributed by atoms with Crippen LogP contribution in [0.1, 0.15) is 10.4 Å². The van der Waals surface area contributed by atoms with Crippen LogP contribution in [0, 0.1) is 0 Å². The van der Waals surface area contributed by atoms with E-state index in [0.29, 0.717) is 12.4 Å². The maximum atomic E-state index is 10.6. The highest BCUT2D eigenvalue weighted by molar-refractivity contribution is 6.29. The number of carboxylic acid groups (broad SMARTS) is 1. The summed E-state index contributed by atoms with van der Waals surface area (Å²) in [5.74, 6) is -0.606. The fourth-order valence-electron chi connectivity index (χ4n) is 0.888. The summed E-state index contributed by atoms with van der Waals surface area (Å²) in [7, 11) is 0. The van der Waals surface area contributed by atoms with Gasteiger partial charge in [-0.25, -0.2) is 9.78 Å². The molecule has 14 heavy (non-hydrogen) atoms. The normalized spacial score (nSPS) is 9.50. The molecular formula is C9H9ClN2O2. The van der Waals surface area contributed by atoms with Gasteiger partial charge in [0.05, 0.1) is 5.56 Å². The molecule has 0 aliphatic heterocycles. The molecule has 1 rings (SSSR count). The van der Waals surface area contributed by atoms with E-state index < -0.39 is 5.97 Å². The van der Waals surface area contributed by atoms with E-state index in [2.05, 4.69) is 16.9 Å². The van der Waals surface area contributed by atoms with Gasteiger partial charge in [-0.05, 0) is 12.1 Å². The van der Waals surface area contributed by atoms with Gasteiger partial charge in [0, 0.05) is 6.54 Å². The third-order valence-corrected chi connectivity index (χ3v) is 1.66. The lowest BCUT2D eigenvalue weighted by Gasteiger charge is -2.03. The van der Waals surface area contributed by atoms with E-state index in [1.807, 2.05) is 0 Å². The largest absolute Gasteiger partial charge is 0.478 e. The smallest absolute Gasteiger partial charge is 0.335 e. The zero-order valence-corrected chi connectivity index (χ0v) is 8.08. The number of halogens is 1. The van der Waals surface area contributed by atoms with Gasteiger partial charge in [0.2, 0.25) is 0 Å². The van der Waals surface area contributed by atoms with Crippen molar-refractivity contribution in [1.82, 2.24) is 4.98 Å². The van der Waals surface area contributed by atoms with Crippen LogP contribution in [-0.2, 0) is 0 Å². The number of nitrogens with one attached hydrogen (secondary N) is 1. The second kappa shape index (κ2) is 4.62. The second-order valence-corrected chi connectivity index (χ2v) is 2.93. The maximum absolute atomic E-state index is 10.6. The van der Waals surface area contributed by atoms with E-state index >= 15 is 0 Å². The fraction of sp³-hybridized carbons (Fsp3) is 0.111. The Kier molecular flexibility index (Phi) is 3.48. The van der Waals surface area contributed by atoms with Crippen LogP contribution in [0.3, 0.4) is 0 Å². The van der Waals surface area contributed by atoms with E-state index in [4.69, 9.17) is 16.7 Å². The molecule has 0 amide bonds. The number of carbonyl (C=O) groups is 1. The van der Waals surface area contributed by atoms with Gasteiger partial charge in [-0.1, -0.05) is 17.7 Å². The van der Waals surface area contributed by atoms with Gasteiger partial charge in [0.15, 0.2) is 0 Å². The van der Waals surface area contributed by atoms with Gasteiger partial charge in [-0.15, -0.1) is 6.58 Å². The molecule has 74 valence electrons. The highest BCUT2D eigenvalue weighted by Crippen LogP contribution is 2.14. The average Bonchev–Trinajstić information content (AvgIpc) is 2.14. The van der Waals surface area contributed by atoms with Crippen molar-refractivity contribution in [2.24, 2.45) is 0 Å². The van der Waals surface area contributed by atoms with Crippen LogP contribution in [0.5, 0.6) is 0 Å². The third-order valence-electron chi connectivity index (χ3n) is 1.47. The maximum Gasteiger partial charge on any atom is 0.335 e. The minimum Gasteiger partial charge on any atom is -0.478 e. The quantitative estimate of drug-likeness (QED) is 0.592. The van der Waals surface area contributed by atoms with Gasteiger partial charge in [-0.3, -0.25) is 0 Å². The summed E-state index contributed by atoms with van der Waals surface area (Å²) >= 11 is 5.63. The van der Waals surface area contributed by atoms with Crippen molar-refractivity contribution in [3.8, 4) is 0 Å². The number of pyridine rings is 1. The van der Waals surface area contributed by atoms with Crippen molar-refractivity contribution in [3.63, 3.8) is 0 Å². The molecule has 0 aliphatic carbocycles. The minimum atomic E-state index is -1.03. The lowest BCUT2D eigenvalue weighted by molar-refractivity contribution is 0.0697. The molecule has 2 N–H and O–H groups in total. The third kappa shape index (κ3) is 2.74. The predicted octanol–water partition coefficient (Wildman–Crippen LogP) is 2.03. The van der Waals surface area contributed by atoms with Gasteiger partial charge in [-0.2, -0.15) is 0 Å². The monoisotopic (exact) mass is 212 g/mol. The molecule has 0 saturated heterocycles. The number of carboxylic acids is 1. The lowest BCUT2D eigenvalue weighted by Crippen LogP contribution is -2.03. The van der Waals surface area contributed by atoms with E-state index in [0.717, 1.165) is 0 Å². The molecule has 0 radical (unpaired) electrons. The van der Waals surface area contributed by atoms with Crippen molar-refractivity contribution in [2.45, 2.75) is 0 Å². The topological polar surface area (TPSA) is 62.2 Å². The molecule has 0 bridgehead atoms. The Balaban J connectivity index is 2.94. The first-order chi connectivity index (χ1) is 6.63. The number of hydrogen-bond donors (Lipinski definition) is 2.